The molecule has 1 amide bonds. The largest absolute Gasteiger partial charge is 0.350 e. The van der Waals surface area contributed by atoms with Gasteiger partial charge in [-0.25, -0.2) is 8.42 Å². The summed E-state index contributed by atoms with van der Waals surface area (Å²) in [5.74, 6) is -0.276. The molecule has 1 aliphatic rings. The van der Waals surface area contributed by atoms with Gasteiger partial charge < -0.3 is 5.32 Å². The predicted octanol–water partition coefficient (Wildman–Crippen LogP) is 1.05. The SMILES string of the molecule is C=CC(=O)NC1CCN(S(=O)(=O)c2ccc([N+](=O)[O-])cc2)CC1. The minimum Gasteiger partial charge on any atom is -0.350 e. The van der Waals surface area contributed by atoms with Gasteiger partial charge in [-0.05, 0) is 31.1 Å². The summed E-state index contributed by atoms with van der Waals surface area (Å²) in [6, 6.07) is 4.73. The fourth-order valence-electron chi connectivity index (χ4n) is 2.39. The smallest absolute Gasteiger partial charge is 0.269 e. The van der Waals surface area contributed by atoms with Crippen molar-refractivity contribution in [3.8, 4) is 0 Å². The molecular formula is C14H17N3O5S. The van der Waals surface area contributed by atoms with E-state index in [1.54, 1.807) is 0 Å². The highest BCUT2D eigenvalue weighted by Gasteiger charge is 2.30. The summed E-state index contributed by atoms with van der Waals surface area (Å²) < 4.78 is 26.3. The molecule has 0 bridgehead atoms. The van der Waals surface area contributed by atoms with Gasteiger partial charge in [0.25, 0.3) is 5.69 Å². The zero-order chi connectivity index (χ0) is 17.0. The Balaban J connectivity index is 2.05. The molecule has 124 valence electrons. The van der Waals surface area contributed by atoms with Gasteiger partial charge >= 0.3 is 0 Å². The summed E-state index contributed by atoms with van der Waals surface area (Å²) in [5.41, 5.74) is -0.158. The van der Waals surface area contributed by atoms with Crippen molar-refractivity contribution in [3.63, 3.8) is 0 Å². The van der Waals surface area contributed by atoms with Crippen LogP contribution in [0.15, 0.2) is 41.8 Å². The van der Waals surface area contributed by atoms with Crippen molar-refractivity contribution >= 4 is 21.6 Å². The van der Waals surface area contributed by atoms with Crippen LogP contribution in [0.1, 0.15) is 12.8 Å². The Morgan fingerprint density at radius 2 is 1.87 bits per heavy atom. The summed E-state index contributed by atoms with van der Waals surface area (Å²) in [6.45, 7) is 3.93. The first kappa shape index (κ1) is 17.1. The highest BCUT2D eigenvalue weighted by Crippen LogP contribution is 2.22. The van der Waals surface area contributed by atoms with E-state index in [0.717, 1.165) is 0 Å². The Morgan fingerprint density at radius 1 is 1.30 bits per heavy atom. The normalized spacial score (nSPS) is 16.7. The molecule has 0 radical (unpaired) electrons. The Bertz CT molecular complexity index is 706. The van der Waals surface area contributed by atoms with Crippen LogP contribution in [0, 0.1) is 10.1 Å². The van der Waals surface area contributed by atoms with Gasteiger partial charge in [-0.1, -0.05) is 6.58 Å². The third kappa shape index (κ3) is 3.93. The molecular weight excluding hydrogens is 322 g/mol. The molecule has 0 saturated carbocycles. The van der Waals surface area contributed by atoms with Crippen LogP contribution < -0.4 is 5.32 Å². The van der Waals surface area contributed by atoms with E-state index in [1.165, 1.54) is 34.6 Å². The molecule has 23 heavy (non-hydrogen) atoms. The molecule has 0 aromatic heterocycles. The maximum absolute atomic E-state index is 12.5. The molecule has 0 unspecified atom stereocenters. The molecule has 1 N–H and O–H groups in total. The van der Waals surface area contributed by atoms with E-state index >= 15 is 0 Å². The molecule has 0 atom stereocenters. The lowest BCUT2D eigenvalue weighted by molar-refractivity contribution is -0.384. The number of nitrogens with one attached hydrogen (secondary N) is 1. The fourth-order valence-corrected chi connectivity index (χ4v) is 3.86. The number of carbonyl (C=O) groups excluding carboxylic acids is 1. The van der Waals surface area contributed by atoms with Gasteiger partial charge in [0.2, 0.25) is 15.9 Å². The lowest BCUT2D eigenvalue weighted by Gasteiger charge is -2.31. The number of sulfonamides is 1. The van der Waals surface area contributed by atoms with E-state index in [0.29, 0.717) is 12.8 Å². The van der Waals surface area contributed by atoms with Gasteiger partial charge in [-0.15, -0.1) is 0 Å². The van der Waals surface area contributed by atoms with Gasteiger partial charge in [-0.3, -0.25) is 14.9 Å². The second-order valence-corrected chi connectivity index (χ2v) is 7.08. The van der Waals surface area contributed by atoms with Crippen LogP contribution in [0.2, 0.25) is 0 Å². The topological polar surface area (TPSA) is 110 Å². The molecule has 1 aromatic carbocycles. The molecule has 1 heterocycles. The van der Waals surface area contributed by atoms with Crippen molar-refractivity contribution in [2.45, 2.75) is 23.8 Å². The number of amides is 1. The summed E-state index contributed by atoms with van der Waals surface area (Å²) >= 11 is 0. The second-order valence-electron chi connectivity index (χ2n) is 5.14. The number of hydrogen-bond acceptors (Lipinski definition) is 5. The number of piperidine rings is 1. The van der Waals surface area contributed by atoms with Gasteiger partial charge in [0, 0.05) is 31.3 Å². The number of benzene rings is 1. The number of rotatable bonds is 5. The van der Waals surface area contributed by atoms with Gasteiger partial charge in [0.05, 0.1) is 9.82 Å². The number of hydrogen-bond donors (Lipinski definition) is 1. The first-order chi connectivity index (χ1) is 10.8. The summed E-state index contributed by atoms with van der Waals surface area (Å²) in [4.78, 5) is 21.3. The Kier molecular flexibility index (Phi) is 5.12. The van der Waals surface area contributed by atoms with Crippen LogP contribution in [0.25, 0.3) is 0 Å². The average Bonchev–Trinajstić information content (AvgIpc) is 2.55. The van der Waals surface area contributed by atoms with Crippen LogP contribution in [0.4, 0.5) is 5.69 Å². The van der Waals surface area contributed by atoms with Gasteiger partial charge in [0.1, 0.15) is 0 Å². The first-order valence-corrected chi connectivity index (χ1v) is 8.46. The first-order valence-electron chi connectivity index (χ1n) is 7.02. The third-order valence-electron chi connectivity index (χ3n) is 3.67. The van der Waals surface area contributed by atoms with Gasteiger partial charge in [-0.2, -0.15) is 4.31 Å². The van der Waals surface area contributed by atoms with Crippen molar-refractivity contribution in [2.24, 2.45) is 0 Å². The van der Waals surface area contributed by atoms with Crippen molar-refractivity contribution in [1.82, 2.24) is 9.62 Å². The summed E-state index contributed by atoms with van der Waals surface area (Å²) in [7, 11) is -3.68. The molecule has 0 spiro atoms. The van der Waals surface area contributed by atoms with E-state index in [9.17, 15) is 23.3 Å². The Morgan fingerprint density at radius 3 is 2.35 bits per heavy atom. The third-order valence-corrected chi connectivity index (χ3v) is 5.58. The molecule has 1 aliphatic heterocycles. The zero-order valence-electron chi connectivity index (χ0n) is 12.3. The molecule has 1 saturated heterocycles. The lowest BCUT2D eigenvalue weighted by atomic mass is 10.1. The number of nitrogens with zero attached hydrogens (tertiary/aromatic N) is 2. The fraction of sp³-hybridized carbons (Fsp3) is 0.357. The Labute approximate surface area is 134 Å². The van der Waals surface area contributed by atoms with Crippen LogP contribution in [-0.2, 0) is 14.8 Å². The monoisotopic (exact) mass is 339 g/mol. The molecule has 8 nitrogen and oxygen atoms in total. The molecule has 1 fully saturated rings. The van der Waals surface area contributed by atoms with Crippen LogP contribution in [0.5, 0.6) is 0 Å². The van der Waals surface area contributed by atoms with Crippen LogP contribution in [-0.4, -0.2) is 42.7 Å². The van der Waals surface area contributed by atoms with E-state index in [2.05, 4.69) is 11.9 Å². The summed E-state index contributed by atoms with van der Waals surface area (Å²) in [6.07, 6.45) is 2.19. The highest BCUT2D eigenvalue weighted by molar-refractivity contribution is 7.89. The second kappa shape index (κ2) is 6.88. The van der Waals surface area contributed by atoms with Crippen molar-refractivity contribution in [3.05, 3.63) is 47.0 Å². The minimum atomic E-state index is -3.68. The number of nitro groups is 1. The number of non-ortho nitro benzene ring substituents is 1. The van der Waals surface area contributed by atoms with Gasteiger partial charge in [0.15, 0.2) is 0 Å². The predicted molar refractivity (Wildman–Crippen MR) is 83.2 cm³/mol. The summed E-state index contributed by atoms with van der Waals surface area (Å²) in [5, 5.41) is 13.4. The van der Waals surface area contributed by atoms with Crippen molar-refractivity contribution in [1.29, 1.82) is 0 Å². The number of nitro benzene ring substituents is 1. The quantitative estimate of drug-likeness (QED) is 0.490. The van der Waals surface area contributed by atoms with Crippen molar-refractivity contribution < 1.29 is 18.1 Å². The lowest BCUT2D eigenvalue weighted by Crippen LogP contribution is -2.46. The van der Waals surface area contributed by atoms with Crippen molar-refractivity contribution in [2.75, 3.05) is 13.1 Å². The maximum atomic E-state index is 12.5. The molecule has 0 aliphatic carbocycles. The van der Waals surface area contributed by atoms with E-state index in [4.69, 9.17) is 0 Å². The maximum Gasteiger partial charge on any atom is 0.269 e. The molecule has 9 heteroatoms. The van der Waals surface area contributed by atoms with E-state index in [-0.39, 0.29) is 35.6 Å². The zero-order valence-corrected chi connectivity index (χ0v) is 13.2. The average molecular weight is 339 g/mol. The van der Waals surface area contributed by atoms with E-state index < -0.39 is 14.9 Å². The van der Waals surface area contributed by atoms with Crippen LogP contribution >= 0.6 is 0 Å². The number of carbonyl (C=O) groups is 1. The standard InChI is InChI=1S/C14H17N3O5S/c1-2-14(18)15-11-7-9-16(10-8-11)23(21,22)13-5-3-12(4-6-13)17(19)20/h2-6,11H,1,7-10H2,(H,15,18). The highest BCUT2D eigenvalue weighted by atomic mass is 32.2. The Hall–Kier alpha value is -2.26. The molecule has 2 rings (SSSR count). The minimum absolute atomic E-state index is 0.0247. The van der Waals surface area contributed by atoms with E-state index in [1.807, 2.05) is 0 Å². The van der Waals surface area contributed by atoms with Crippen LogP contribution in [0.3, 0.4) is 0 Å². The molecule has 1 aromatic rings.